The Bertz CT molecular complexity index is 429. The lowest BCUT2D eigenvalue weighted by Crippen LogP contribution is -2.23. The monoisotopic (exact) mass is 292 g/mol. The minimum atomic E-state index is -4.46. The Labute approximate surface area is 116 Å². The van der Waals surface area contributed by atoms with Crippen LogP contribution in [-0.2, 0) is 28.2 Å². The van der Waals surface area contributed by atoms with Gasteiger partial charge in [-0.05, 0) is 13.3 Å². The van der Waals surface area contributed by atoms with Crippen LogP contribution in [0, 0.1) is 0 Å². The molecule has 0 amide bonds. The number of aryl methyl sites for hydroxylation is 2. The second kappa shape index (κ2) is 9.94. The second-order valence-corrected chi connectivity index (χ2v) is 5.25. The number of hydrogen-bond acceptors (Lipinski definition) is 4. The van der Waals surface area contributed by atoms with Gasteiger partial charge >= 0.3 is 0 Å². The van der Waals surface area contributed by atoms with E-state index in [0.717, 1.165) is 25.8 Å². The van der Waals surface area contributed by atoms with E-state index in [1.165, 1.54) is 0 Å². The molecule has 0 saturated carbocycles. The van der Waals surface area contributed by atoms with Crippen molar-refractivity contribution >= 4 is 10.4 Å². The van der Waals surface area contributed by atoms with Gasteiger partial charge in [0.1, 0.15) is 12.4 Å². The van der Waals surface area contributed by atoms with Crippen molar-refractivity contribution in [1.29, 1.82) is 0 Å². The molecule has 112 valence electrons. The highest BCUT2D eigenvalue weighted by atomic mass is 32.3. The van der Waals surface area contributed by atoms with E-state index in [-0.39, 0.29) is 6.61 Å². The average molecular weight is 292 g/mol. The summed E-state index contributed by atoms with van der Waals surface area (Å²) in [5.74, 6) is 0. The predicted octanol–water partition coefficient (Wildman–Crippen LogP) is 1.38. The van der Waals surface area contributed by atoms with E-state index in [0.29, 0.717) is 6.42 Å². The molecule has 0 unspecified atom stereocenters. The Hall–Kier alpha value is -0.920. The summed E-state index contributed by atoms with van der Waals surface area (Å²) in [6.07, 6.45) is 9.80. The summed E-state index contributed by atoms with van der Waals surface area (Å²) in [6.45, 7) is 5.25. The molecule has 0 atom stereocenters. The van der Waals surface area contributed by atoms with Gasteiger partial charge in [-0.25, -0.2) is 17.6 Å². The van der Waals surface area contributed by atoms with E-state index >= 15 is 0 Å². The van der Waals surface area contributed by atoms with Crippen molar-refractivity contribution in [2.45, 2.75) is 46.1 Å². The highest BCUT2D eigenvalue weighted by Gasteiger charge is 1.93. The summed E-state index contributed by atoms with van der Waals surface area (Å²) in [4.78, 5) is 0. The van der Waals surface area contributed by atoms with E-state index in [2.05, 4.69) is 28.2 Å². The minimum Gasteiger partial charge on any atom is -0.726 e. The standard InChI is InChI=1S/C6H11N2.C6H14O4S/c1-3-8-5-4-7(2)6-8;1-2-3-4-5-6-10-11(7,8)9/h4-6H,3H2,1-2H3;2-6H2,1H3,(H,7,8,9)/q+1;/p-1. The topological polar surface area (TPSA) is 75.2 Å². The van der Waals surface area contributed by atoms with Gasteiger partial charge in [-0.3, -0.25) is 4.18 Å². The van der Waals surface area contributed by atoms with Crippen molar-refractivity contribution in [1.82, 2.24) is 4.57 Å². The Balaban J connectivity index is 0.000000356. The summed E-state index contributed by atoms with van der Waals surface area (Å²) in [7, 11) is -2.44. The lowest BCUT2D eigenvalue weighted by molar-refractivity contribution is -0.671. The van der Waals surface area contributed by atoms with Gasteiger partial charge in [-0.1, -0.05) is 26.2 Å². The molecule has 0 spiro atoms. The third kappa shape index (κ3) is 11.9. The maximum atomic E-state index is 9.89. The number of unbranched alkanes of at least 4 members (excludes halogenated alkanes) is 3. The van der Waals surface area contributed by atoms with Crippen LogP contribution in [0.5, 0.6) is 0 Å². The van der Waals surface area contributed by atoms with E-state index in [4.69, 9.17) is 0 Å². The summed E-state index contributed by atoms with van der Waals surface area (Å²) in [5, 5.41) is 0. The molecule has 0 saturated heterocycles. The molecule has 0 bridgehead atoms. The van der Waals surface area contributed by atoms with E-state index < -0.39 is 10.4 Å². The van der Waals surface area contributed by atoms with Crippen molar-refractivity contribution < 1.29 is 21.7 Å². The van der Waals surface area contributed by atoms with Gasteiger partial charge in [0, 0.05) is 0 Å². The Kier molecular flexibility index (Phi) is 9.46. The van der Waals surface area contributed by atoms with Gasteiger partial charge in [0.25, 0.3) is 0 Å². The van der Waals surface area contributed by atoms with Gasteiger partial charge in [0.05, 0.1) is 20.2 Å². The van der Waals surface area contributed by atoms with E-state index in [9.17, 15) is 13.0 Å². The van der Waals surface area contributed by atoms with Crippen molar-refractivity contribution in [3.63, 3.8) is 0 Å². The third-order valence-electron chi connectivity index (χ3n) is 2.41. The fraction of sp³-hybridized carbons (Fsp3) is 0.750. The van der Waals surface area contributed by atoms with Crippen molar-refractivity contribution in [2.24, 2.45) is 7.05 Å². The molecule has 1 aromatic heterocycles. The first kappa shape index (κ1) is 18.1. The van der Waals surface area contributed by atoms with Crippen LogP contribution in [-0.4, -0.2) is 24.1 Å². The molecule has 1 aromatic rings. The zero-order valence-corrected chi connectivity index (χ0v) is 12.7. The quantitative estimate of drug-likeness (QED) is 0.329. The van der Waals surface area contributed by atoms with Crippen LogP contribution in [0.3, 0.4) is 0 Å². The molecule has 0 aromatic carbocycles. The van der Waals surface area contributed by atoms with Crippen molar-refractivity contribution in [3.05, 3.63) is 18.7 Å². The Morgan fingerprint density at radius 3 is 2.32 bits per heavy atom. The Morgan fingerprint density at radius 2 is 1.95 bits per heavy atom. The molecule has 19 heavy (non-hydrogen) atoms. The molecule has 7 heteroatoms. The van der Waals surface area contributed by atoms with Crippen molar-refractivity contribution in [3.8, 4) is 0 Å². The number of nitrogens with zero attached hydrogens (tertiary/aromatic N) is 2. The molecular formula is C12H24N2O4S. The molecule has 1 rings (SSSR count). The zero-order chi connectivity index (χ0) is 14.7. The van der Waals surface area contributed by atoms with Gasteiger partial charge in [-0.2, -0.15) is 0 Å². The van der Waals surface area contributed by atoms with Gasteiger partial charge in [0.15, 0.2) is 0 Å². The zero-order valence-electron chi connectivity index (χ0n) is 11.9. The first-order valence-electron chi connectivity index (χ1n) is 6.50. The van der Waals surface area contributed by atoms with Crippen molar-refractivity contribution in [2.75, 3.05) is 6.61 Å². The fourth-order valence-corrected chi connectivity index (χ4v) is 1.70. The largest absolute Gasteiger partial charge is 0.726 e. The lowest BCUT2D eigenvalue weighted by Gasteiger charge is -2.06. The maximum absolute atomic E-state index is 9.89. The van der Waals surface area contributed by atoms with Crippen LogP contribution in [0.1, 0.15) is 39.5 Å². The van der Waals surface area contributed by atoms with Crippen LogP contribution in [0.15, 0.2) is 18.7 Å². The average Bonchev–Trinajstić information content (AvgIpc) is 2.74. The van der Waals surface area contributed by atoms with Crippen LogP contribution in [0.4, 0.5) is 0 Å². The molecule has 0 aliphatic heterocycles. The van der Waals surface area contributed by atoms with E-state index in [1.807, 2.05) is 24.7 Å². The molecule has 0 N–H and O–H groups in total. The molecule has 6 nitrogen and oxygen atoms in total. The summed E-state index contributed by atoms with van der Waals surface area (Å²) < 4.78 is 37.8. The van der Waals surface area contributed by atoms with Crippen LogP contribution < -0.4 is 4.57 Å². The lowest BCUT2D eigenvalue weighted by atomic mass is 10.2. The van der Waals surface area contributed by atoms with Crippen LogP contribution in [0.25, 0.3) is 0 Å². The fourth-order valence-electron chi connectivity index (χ4n) is 1.38. The van der Waals surface area contributed by atoms with Crippen LogP contribution >= 0.6 is 0 Å². The SMILES string of the molecule is CCCCCCOS(=O)(=O)[O-].CCn1cc[n+](C)c1. The molecule has 0 fully saturated rings. The molecule has 1 heterocycles. The summed E-state index contributed by atoms with van der Waals surface area (Å²) in [6, 6.07) is 0. The number of hydrogen-bond donors (Lipinski definition) is 0. The second-order valence-electron chi connectivity index (χ2n) is 4.20. The normalized spacial score (nSPS) is 10.9. The Morgan fingerprint density at radius 1 is 1.26 bits per heavy atom. The first-order valence-corrected chi connectivity index (χ1v) is 7.83. The summed E-state index contributed by atoms with van der Waals surface area (Å²) in [5.41, 5.74) is 0. The van der Waals surface area contributed by atoms with E-state index in [1.54, 1.807) is 0 Å². The predicted molar refractivity (Wildman–Crippen MR) is 71.1 cm³/mol. The summed E-state index contributed by atoms with van der Waals surface area (Å²) >= 11 is 0. The number of rotatable bonds is 7. The molecule has 0 aliphatic carbocycles. The van der Waals surface area contributed by atoms with Gasteiger partial charge < -0.3 is 4.55 Å². The molecule has 0 radical (unpaired) electrons. The number of aromatic nitrogens is 2. The maximum Gasteiger partial charge on any atom is 0.243 e. The smallest absolute Gasteiger partial charge is 0.243 e. The highest BCUT2D eigenvalue weighted by Crippen LogP contribution is 1.99. The molecule has 0 aliphatic rings. The highest BCUT2D eigenvalue weighted by molar-refractivity contribution is 7.80. The number of imidazole rings is 1. The third-order valence-corrected chi connectivity index (χ3v) is 2.87. The van der Waals surface area contributed by atoms with Gasteiger partial charge in [-0.15, -0.1) is 0 Å². The minimum absolute atomic E-state index is 0.0197. The molecular weight excluding hydrogens is 268 g/mol. The van der Waals surface area contributed by atoms with Crippen LogP contribution in [0.2, 0.25) is 0 Å². The van der Waals surface area contributed by atoms with Gasteiger partial charge in [0.2, 0.25) is 16.7 Å². The first-order chi connectivity index (χ1) is 8.89.